The van der Waals surface area contributed by atoms with Crippen LogP contribution in [0.2, 0.25) is 0 Å². The van der Waals surface area contributed by atoms with E-state index < -0.39 is 5.60 Å². The first-order valence-electron chi connectivity index (χ1n) is 6.41. The van der Waals surface area contributed by atoms with Crippen molar-refractivity contribution in [3.63, 3.8) is 0 Å². The number of anilines is 1. The molecule has 1 aliphatic rings. The predicted octanol–water partition coefficient (Wildman–Crippen LogP) is 0.448. The van der Waals surface area contributed by atoms with E-state index in [1.807, 2.05) is 6.92 Å². The summed E-state index contributed by atoms with van der Waals surface area (Å²) in [5.74, 6) is 0.294. The molecule has 0 aliphatic carbocycles. The highest BCUT2D eigenvalue weighted by Gasteiger charge is 2.50. The second kappa shape index (κ2) is 4.44. The minimum absolute atomic E-state index is 0.0565. The second-order valence-electron chi connectivity index (χ2n) is 5.07. The van der Waals surface area contributed by atoms with Crippen molar-refractivity contribution in [3.05, 3.63) is 24.2 Å². The highest BCUT2D eigenvalue weighted by molar-refractivity contribution is 5.66. The van der Waals surface area contributed by atoms with E-state index in [0.717, 1.165) is 0 Å². The molecule has 1 aliphatic heterocycles. The zero-order valence-corrected chi connectivity index (χ0v) is 11.0. The molecule has 3 atom stereocenters. The molecular formula is C13H15N5O2. The maximum absolute atomic E-state index is 9.66. The molecule has 7 heteroatoms. The minimum atomic E-state index is -1.12. The molecule has 1 saturated heterocycles. The quantitative estimate of drug-likeness (QED) is 0.822. The number of nitrogens with two attached hydrogens (primary N) is 1. The lowest BCUT2D eigenvalue weighted by Gasteiger charge is -2.25. The number of aliphatic hydroxyl groups is 1. The summed E-state index contributed by atoms with van der Waals surface area (Å²) < 4.78 is 7.40. The average Bonchev–Trinajstić information content (AvgIpc) is 3.01. The monoisotopic (exact) mass is 273 g/mol. The molecule has 3 heterocycles. The van der Waals surface area contributed by atoms with E-state index in [2.05, 4.69) is 16.2 Å². The summed E-state index contributed by atoms with van der Waals surface area (Å²) >= 11 is 0. The van der Waals surface area contributed by atoms with Gasteiger partial charge in [-0.25, -0.2) is 9.50 Å². The van der Waals surface area contributed by atoms with Gasteiger partial charge >= 0.3 is 0 Å². The molecule has 0 aromatic carbocycles. The van der Waals surface area contributed by atoms with Gasteiger partial charge in [-0.3, -0.25) is 0 Å². The van der Waals surface area contributed by atoms with Crippen molar-refractivity contribution < 1.29 is 9.84 Å². The molecule has 0 unspecified atom stereocenters. The van der Waals surface area contributed by atoms with Gasteiger partial charge in [-0.05, 0) is 18.6 Å². The number of fused-ring (bicyclic) bond motifs is 1. The third-order valence-electron chi connectivity index (χ3n) is 3.90. The van der Waals surface area contributed by atoms with E-state index >= 15 is 0 Å². The molecule has 0 saturated carbocycles. The van der Waals surface area contributed by atoms with Crippen LogP contribution in [-0.4, -0.2) is 32.4 Å². The van der Waals surface area contributed by atoms with Crippen LogP contribution < -0.4 is 5.73 Å². The summed E-state index contributed by atoms with van der Waals surface area (Å²) in [6.07, 6.45) is 1.63. The van der Waals surface area contributed by atoms with Gasteiger partial charge in [0.2, 0.25) is 0 Å². The fraction of sp³-hybridized carbons (Fsp3) is 0.462. The van der Waals surface area contributed by atoms with Crippen molar-refractivity contribution in [1.82, 2.24) is 14.6 Å². The zero-order valence-electron chi connectivity index (χ0n) is 11.0. The topological polar surface area (TPSA) is 109 Å². The van der Waals surface area contributed by atoms with Crippen LogP contribution in [0.25, 0.3) is 5.52 Å². The lowest BCUT2D eigenvalue weighted by atomic mass is 9.87. The highest BCUT2D eigenvalue weighted by atomic mass is 16.5. The van der Waals surface area contributed by atoms with Gasteiger partial charge in [0.1, 0.15) is 17.9 Å². The standard InChI is InChI=1S/C13H15N5O2/c1-8-4-9(5-19)20-13(8,6-14)11-3-2-10-12(15)16-7-17-18(10)11/h2-3,7-9,19H,4-5H2,1H3,(H2,15,16,17)/t8-,9-,13+/m0/s1. The number of nitrogens with zero attached hydrogens (tertiary/aromatic N) is 4. The minimum Gasteiger partial charge on any atom is -0.394 e. The van der Waals surface area contributed by atoms with Crippen LogP contribution in [-0.2, 0) is 10.3 Å². The Hall–Kier alpha value is -2.17. The molecule has 2 aromatic heterocycles. The Labute approximate surface area is 115 Å². The molecule has 3 N–H and O–H groups in total. The molecule has 3 rings (SSSR count). The van der Waals surface area contributed by atoms with Crippen molar-refractivity contribution >= 4 is 11.3 Å². The first-order valence-corrected chi connectivity index (χ1v) is 6.41. The predicted molar refractivity (Wildman–Crippen MR) is 70.4 cm³/mol. The van der Waals surface area contributed by atoms with Crippen molar-refractivity contribution in [1.29, 1.82) is 5.26 Å². The largest absolute Gasteiger partial charge is 0.394 e. The first kappa shape index (κ1) is 12.8. The lowest BCUT2D eigenvalue weighted by Crippen LogP contribution is -2.32. The van der Waals surface area contributed by atoms with E-state index in [0.29, 0.717) is 23.4 Å². The number of nitrogen functional groups attached to an aromatic ring is 1. The summed E-state index contributed by atoms with van der Waals surface area (Å²) in [6, 6.07) is 5.80. The van der Waals surface area contributed by atoms with Crippen LogP contribution in [0.4, 0.5) is 5.82 Å². The van der Waals surface area contributed by atoms with Gasteiger partial charge in [0.05, 0.1) is 18.4 Å². The summed E-state index contributed by atoms with van der Waals surface area (Å²) in [4.78, 5) is 3.93. The fourth-order valence-electron chi connectivity index (χ4n) is 2.84. The number of nitriles is 1. The van der Waals surface area contributed by atoms with Crippen molar-refractivity contribution in [2.24, 2.45) is 5.92 Å². The summed E-state index contributed by atoms with van der Waals surface area (Å²) in [7, 11) is 0. The molecule has 20 heavy (non-hydrogen) atoms. The molecule has 0 amide bonds. The van der Waals surface area contributed by atoms with Crippen LogP contribution in [0.1, 0.15) is 19.0 Å². The SMILES string of the molecule is C[C@H]1C[C@@H](CO)O[C@@]1(C#N)c1ccc2c(N)ncnn12. The van der Waals surface area contributed by atoms with Crippen LogP contribution in [0, 0.1) is 17.2 Å². The van der Waals surface area contributed by atoms with Crippen LogP contribution in [0.15, 0.2) is 18.5 Å². The average molecular weight is 273 g/mol. The summed E-state index contributed by atoms with van der Waals surface area (Å²) in [5, 5.41) is 23.1. The summed E-state index contributed by atoms with van der Waals surface area (Å²) in [6.45, 7) is 1.83. The van der Waals surface area contributed by atoms with Crippen molar-refractivity contribution in [2.75, 3.05) is 12.3 Å². The normalized spacial score (nSPS) is 29.6. The number of hydrogen-bond acceptors (Lipinski definition) is 6. The molecule has 0 spiro atoms. The third-order valence-corrected chi connectivity index (χ3v) is 3.90. The smallest absolute Gasteiger partial charge is 0.199 e. The Bertz CT molecular complexity index is 692. The van der Waals surface area contributed by atoms with E-state index in [4.69, 9.17) is 10.5 Å². The number of ether oxygens (including phenoxy) is 1. The van der Waals surface area contributed by atoms with E-state index in [1.54, 1.807) is 16.6 Å². The Morgan fingerprint density at radius 3 is 3.10 bits per heavy atom. The molecular weight excluding hydrogens is 258 g/mol. The maximum atomic E-state index is 9.66. The van der Waals surface area contributed by atoms with Gasteiger partial charge in [0, 0.05) is 5.92 Å². The third kappa shape index (κ3) is 1.59. The molecule has 104 valence electrons. The van der Waals surface area contributed by atoms with Gasteiger partial charge < -0.3 is 15.6 Å². The van der Waals surface area contributed by atoms with Crippen molar-refractivity contribution in [3.8, 4) is 6.07 Å². The van der Waals surface area contributed by atoms with E-state index in [1.165, 1.54) is 6.33 Å². The Morgan fingerprint density at radius 2 is 2.45 bits per heavy atom. The second-order valence-corrected chi connectivity index (χ2v) is 5.07. The molecule has 0 bridgehead atoms. The molecule has 2 aromatic rings. The zero-order chi connectivity index (χ0) is 14.3. The van der Waals surface area contributed by atoms with Gasteiger partial charge in [0.25, 0.3) is 0 Å². The van der Waals surface area contributed by atoms with Gasteiger partial charge in [-0.15, -0.1) is 0 Å². The van der Waals surface area contributed by atoms with Crippen LogP contribution >= 0.6 is 0 Å². The molecule has 0 radical (unpaired) electrons. The summed E-state index contributed by atoms with van der Waals surface area (Å²) in [5.41, 5.74) is 5.94. The number of aromatic nitrogens is 3. The highest BCUT2D eigenvalue weighted by Crippen LogP contribution is 2.43. The van der Waals surface area contributed by atoms with Gasteiger partial charge in [0.15, 0.2) is 11.4 Å². The van der Waals surface area contributed by atoms with E-state index in [9.17, 15) is 10.4 Å². The lowest BCUT2D eigenvalue weighted by molar-refractivity contribution is -0.0424. The Kier molecular flexibility index (Phi) is 2.85. The first-order chi connectivity index (χ1) is 9.62. The number of rotatable bonds is 2. The molecule has 7 nitrogen and oxygen atoms in total. The van der Waals surface area contributed by atoms with E-state index in [-0.39, 0.29) is 18.6 Å². The maximum Gasteiger partial charge on any atom is 0.199 e. The van der Waals surface area contributed by atoms with Crippen LogP contribution in [0.3, 0.4) is 0 Å². The van der Waals surface area contributed by atoms with Gasteiger partial charge in [-0.2, -0.15) is 10.4 Å². The van der Waals surface area contributed by atoms with Crippen LogP contribution in [0.5, 0.6) is 0 Å². The number of hydrogen-bond donors (Lipinski definition) is 2. The van der Waals surface area contributed by atoms with Gasteiger partial charge in [-0.1, -0.05) is 6.92 Å². The molecule has 1 fully saturated rings. The Balaban J connectivity index is 2.18. The Morgan fingerprint density at radius 1 is 1.65 bits per heavy atom. The van der Waals surface area contributed by atoms with Crippen molar-refractivity contribution in [2.45, 2.75) is 25.0 Å². The fourth-order valence-corrected chi connectivity index (χ4v) is 2.84. The number of aliphatic hydroxyl groups excluding tert-OH is 1.